The van der Waals surface area contributed by atoms with Crippen LogP contribution in [0.4, 0.5) is 4.39 Å². The first kappa shape index (κ1) is 15.3. The molecule has 0 unspecified atom stereocenters. The Morgan fingerprint density at radius 1 is 1.55 bits per heavy atom. The van der Waals surface area contributed by atoms with Crippen LogP contribution in [0, 0.1) is 11.7 Å². The second-order valence-electron chi connectivity index (χ2n) is 5.37. The Hall–Kier alpha value is -1.14. The number of hydrogen-bond acceptors (Lipinski definition) is 3. The summed E-state index contributed by atoms with van der Waals surface area (Å²) in [6, 6.07) is 4.39. The molecule has 1 N–H and O–H groups in total. The number of halogens is 2. The zero-order chi connectivity index (χ0) is 14.9. The lowest BCUT2D eigenvalue weighted by molar-refractivity contribution is -0.165. The molecule has 0 aromatic heterocycles. The molecule has 1 aromatic rings. The van der Waals surface area contributed by atoms with Crippen molar-refractivity contribution in [1.29, 1.82) is 0 Å². The van der Waals surface area contributed by atoms with Crippen LogP contribution in [0.1, 0.15) is 13.8 Å². The van der Waals surface area contributed by atoms with Crippen LogP contribution in [-0.2, 0) is 4.79 Å². The first-order valence-electron chi connectivity index (χ1n) is 6.40. The van der Waals surface area contributed by atoms with E-state index in [1.165, 1.54) is 17.0 Å². The van der Waals surface area contributed by atoms with Crippen molar-refractivity contribution in [3.05, 3.63) is 28.5 Å². The average molecular weight is 346 g/mol. The zero-order valence-electron chi connectivity index (χ0n) is 11.4. The first-order chi connectivity index (χ1) is 9.32. The van der Waals surface area contributed by atoms with Gasteiger partial charge in [0.25, 0.3) is 5.91 Å². The molecular weight excluding hydrogens is 329 g/mol. The molecule has 1 amide bonds. The van der Waals surface area contributed by atoms with E-state index in [1.807, 2.05) is 13.8 Å². The van der Waals surface area contributed by atoms with Gasteiger partial charge in [0.2, 0.25) is 0 Å². The molecule has 0 bridgehead atoms. The number of β-amino-alcohol motifs (C(OH)–C–C–N with tert-alkyl or cyclic N) is 1. The number of amides is 1. The van der Waals surface area contributed by atoms with Gasteiger partial charge in [-0.15, -0.1) is 0 Å². The van der Waals surface area contributed by atoms with Crippen molar-refractivity contribution in [3.63, 3.8) is 0 Å². The summed E-state index contributed by atoms with van der Waals surface area (Å²) in [6.45, 7) is 4.20. The maximum absolute atomic E-state index is 13.5. The molecule has 0 radical (unpaired) electrons. The van der Waals surface area contributed by atoms with E-state index in [1.54, 1.807) is 6.07 Å². The van der Waals surface area contributed by atoms with Crippen LogP contribution in [0.5, 0.6) is 5.75 Å². The number of benzene rings is 1. The smallest absolute Gasteiger partial charge is 0.260 e. The number of likely N-dealkylation sites (tertiary alicyclic amines) is 1. The summed E-state index contributed by atoms with van der Waals surface area (Å²) in [6.07, 6.45) is 0. The van der Waals surface area contributed by atoms with Gasteiger partial charge in [-0.05, 0) is 24.1 Å². The van der Waals surface area contributed by atoms with Gasteiger partial charge in [-0.25, -0.2) is 4.39 Å². The highest BCUT2D eigenvalue weighted by Crippen LogP contribution is 2.28. The molecule has 0 saturated carbocycles. The van der Waals surface area contributed by atoms with Gasteiger partial charge in [0, 0.05) is 4.47 Å². The van der Waals surface area contributed by atoms with E-state index >= 15 is 0 Å². The molecule has 1 aliphatic heterocycles. The lowest BCUT2D eigenvalue weighted by Crippen LogP contribution is -2.66. The number of ether oxygens (including phenoxy) is 1. The summed E-state index contributed by atoms with van der Waals surface area (Å²) in [7, 11) is 0. The van der Waals surface area contributed by atoms with E-state index in [0.29, 0.717) is 17.6 Å². The Morgan fingerprint density at radius 2 is 2.20 bits per heavy atom. The van der Waals surface area contributed by atoms with Crippen molar-refractivity contribution < 1.29 is 19.0 Å². The van der Waals surface area contributed by atoms with Gasteiger partial charge in [-0.2, -0.15) is 0 Å². The summed E-state index contributed by atoms with van der Waals surface area (Å²) < 4.78 is 19.3. The maximum atomic E-state index is 13.5. The number of rotatable bonds is 4. The number of carbonyl (C=O) groups is 1. The molecule has 0 atom stereocenters. The molecule has 1 heterocycles. The van der Waals surface area contributed by atoms with Gasteiger partial charge in [0.15, 0.2) is 18.2 Å². The molecule has 6 heteroatoms. The van der Waals surface area contributed by atoms with Crippen molar-refractivity contribution >= 4 is 21.8 Å². The predicted octanol–water partition coefficient (Wildman–Crippen LogP) is 2.20. The highest BCUT2D eigenvalue weighted by molar-refractivity contribution is 9.10. The van der Waals surface area contributed by atoms with Crippen molar-refractivity contribution in [2.24, 2.45) is 5.92 Å². The minimum absolute atomic E-state index is 0.0428. The fourth-order valence-electron chi connectivity index (χ4n) is 1.98. The van der Waals surface area contributed by atoms with E-state index in [4.69, 9.17) is 4.74 Å². The standard InChI is InChI=1S/C14H17BrFNO3/c1-9(2)14(19)7-17(8-14)13(18)6-20-12-4-3-10(15)5-11(12)16/h3-5,9,19H,6-8H2,1-2H3. The van der Waals surface area contributed by atoms with Crippen molar-refractivity contribution in [2.45, 2.75) is 19.4 Å². The van der Waals surface area contributed by atoms with Crippen LogP contribution in [-0.4, -0.2) is 41.2 Å². The SMILES string of the molecule is CC(C)C1(O)CN(C(=O)COc2ccc(Br)cc2F)C1. The van der Waals surface area contributed by atoms with Crippen LogP contribution in [0.15, 0.2) is 22.7 Å². The van der Waals surface area contributed by atoms with Gasteiger partial charge in [0.1, 0.15) is 5.60 Å². The van der Waals surface area contributed by atoms with E-state index in [-0.39, 0.29) is 24.2 Å². The summed E-state index contributed by atoms with van der Waals surface area (Å²) in [5.41, 5.74) is -0.807. The number of carbonyl (C=O) groups excluding carboxylic acids is 1. The molecule has 0 aliphatic carbocycles. The van der Waals surface area contributed by atoms with Crippen LogP contribution in [0.2, 0.25) is 0 Å². The number of hydrogen-bond donors (Lipinski definition) is 1. The number of aliphatic hydroxyl groups is 1. The van der Waals surface area contributed by atoms with Crippen LogP contribution < -0.4 is 4.74 Å². The average Bonchev–Trinajstić information content (AvgIpc) is 2.33. The van der Waals surface area contributed by atoms with E-state index in [2.05, 4.69) is 15.9 Å². The van der Waals surface area contributed by atoms with E-state index in [9.17, 15) is 14.3 Å². The molecule has 4 nitrogen and oxygen atoms in total. The zero-order valence-corrected chi connectivity index (χ0v) is 13.0. The lowest BCUT2D eigenvalue weighted by Gasteiger charge is -2.48. The number of nitrogens with zero attached hydrogens (tertiary/aromatic N) is 1. The molecule has 1 saturated heterocycles. The van der Waals surface area contributed by atoms with Gasteiger partial charge in [-0.1, -0.05) is 29.8 Å². The third kappa shape index (κ3) is 3.12. The molecule has 0 spiro atoms. The second kappa shape index (κ2) is 5.69. The quantitative estimate of drug-likeness (QED) is 0.909. The van der Waals surface area contributed by atoms with Crippen LogP contribution in [0.25, 0.3) is 0 Å². The summed E-state index contributed by atoms with van der Waals surface area (Å²) in [5.74, 6) is -0.635. The summed E-state index contributed by atoms with van der Waals surface area (Å²) in [5, 5.41) is 10.1. The molecule has 20 heavy (non-hydrogen) atoms. The van der Waals surface area contributed by atoms with Crippen molar-refractivity contribution in [3.8, 4) is 5.75 Å². The molecule has 1 fully saturated rings. The monoisotopic (exact) mass is 345 g/mol. The van der Waals surface area contributed by atoms with E-state index in [0.717, 1.165) is 0 Å². The Bertz CT molecular complexity index is 515. The fraction of sp³-hybridized carbons (Fsp3) is 0.500. The minimum Gasteiger partial charge on any atom is -0.481 e. The Labute approximate surface area is 125 Å². The molecule has 110 valence electrons. The minimum atomic E-state index is -0.807. The van der Waals surface area contributed by atoms with Crippen LogP contribution in [0.3, 0.4) is 0 Å². The first-order valence-corrected chi connectivity index (χ1v) is 7.19. The summed E-state index contributed by atoms with van der Waals surface area (Å²) in [4.78, 5) is 13.4. The van der Waals surface area contributed by atoms with Gasteiger partial charge in [-0.3, -0.25) is 4.79 Å². The Balaban J connectivity index is 1.85. The van der Waals surface area contributed by atoms with Gasteiger partial charge >= 0.3 is 0 Å². The van der Waals surface area contributed by atoms with Gasteiger partial charge < -0.3 is 14.7 Å². The van der Waals surface area contributed by atoms with Crippen molar-refractivity contribution in [1.82, 2.24) is 4.90 Å². The Morgan fingerprint density at radius 3 is 2.75 bits per heavy atom. The van der Waals surface area contributed by atoms with E-state index < -0.39 is 11.4 Å². The maximum Gasteiger partial charge on any atom is 0.260 e. The fourth-order valence-corrected chi connectivity index (χ4v) is 2.31. The highest BCUT2D eigenvalue weighted by Gasteiger charge is 2.45. The third-order valence-corrected chi connectivity index (χ3v) is 4.10. The highest BCUT2D eigenvalue weighted by atomic mass is 79.9. The molecule has 2 rings (SSSR count). The molecular formula is C14H17BrFNO3. The molecule has 1 aromatic carbocycles. The van der Waals surface area contributed by atoms with Crippen LogP contribution >= 0.6 is 15.9 Å². The third-order valence-electron chi connectivity index (χ3n) is 3.60. The summed E-state index contributed by atoms with van der Waals surface area (Å²) >= 11 is 3.15. The normalized spacial score (nSPS) is 17.0. The predicted molar refractivity (Wildman–Crippen MR) is 76.0 cm³/mol. The van der Waals surface area contributed by atoms with Gasteiger partial charge in [0.05, 0.1) is 13.1 Å². The van der Waals surface area contributed by atoms with Crippen molar-refractivity contribution in [2.75, 3.05) is 19.7 Å². The topological polar surface area (TPSA) is 49.8 Å². The molecule has 1 aliphatic rings. The second-order valence-corrected chi connectivity index (χ2v) is 6.29. The lowest BCUT2D eigenvalue weighted by atomic mass is 9.83. The Kier molecular flexibility index (Phi) is 4.34. The largest absolute Gasteiger partial charge is 0.481 e.